The molecule has 100 valence electrons. The van der Waals surface area contributed by atoms with Gasteiger partial charge in [-0.3, -0.25) is 0 Å². The van der Waals surface area contributed by atoms with Crippen LogP contribution in [0.3, 0.4) is 0 Å². The topological polar surface area (TPSA) is 44.8 Å². The van der Waals surface area contributed by atoms with Crippen molar-refractivity contribution in [2.75, 3.05) is 20.3 Å². The van der Waals surface area contributed by atoms with Crippen LogP contribution in [-0.4, -0.2) is 34.8 Å². The van der Waals surface area contributed by atoms with Crippen LogP contribution >= 0.6 is 0 Å². The van der Waals surface area contributed by atoms with Gasteiger partial charge in [0.1, 0.15) is 6.61 Å². The van der Waals surface area contributed by atoms with E-state index < -0.39 is 14.5 Å². The average molecular weight is 260 g/mol. The van der Waals surface area contributed by atoms with E-state index in [1.165, 1.54) is 7.11 Å². The van der Waals surface area contributed by atoms with Crippen LogP contribution in [0.2, 0.25) is 18.1 Å². The Morgan fingerprint density at radius 1 is 1.18 bits per heavy atom. The van der Waals surface area contributed by atoms with Crippen molar-refractivity contribution in [3.8, 4) is 0 Å². The Kier molecular flexibility index (Phi) is 6.48. The van der Waals surface area contributed by atoms with Crippen LogP contribution < -0.4 is 0 Å². The van der Waals surface area contributed by atoms with Crippen LogP contribution in [0, 0.1) is 0 Å². The fourth-order valence-corrected chi connectivity index (χ4v) is 1.73. The Labute approximate surface area is 105 Å². The van der Waals surface area contributed by atoms with Gasteiger partial charge in [-0.05, 0) is 24.2 Å². The van der Waals surface area contributed by atoms with Crippen molar-refractivity contribution in [3.05, 3.63) is 12.2 Å². The lowest BCUT2D eigenvalue weighted by Gasteiger charge is -2.35. The lowest BCUT2D eigenvalue weighted by molar-refractivity contribution is 0.0817. The number of carbonyl (C=O) groups excluding carboxylic acids is 1. The van der Waals surface area contributed by atoms with Gasteiger partial charge in [0.05, 0.1) is 13.7 Å². The highest BCUT2D eigenvalue weighted by Crippen LogP contribution is 2.36. The molecule has 0 aliphatic rings. The second-order valence-corrected chi connectivity index (χ2v) is 10.1. The summed E-state index contributed by atoms with van der Waals surface area (Å²) in [5.41, 5.74) is 0. The van der Waals surface area contributed by atoms with E-state index in [9.17, 15) is 4.79 Å². The molecule has 0 aliphatic carbocycles. The van der Waals surface area contributed by atoms with Gasteiger partial charge in [-0.15, -0.1) is 0 Å². The standard InChI is InChI=1S/C12H24O4Si/c1-12(2,3)17(5,6)16-10-8-7-9-15-11(13)14-4/h7-8H,9-10H2,1-6H3/b8-7-. The molecule has 5 heteroatoms. The fourth-order valence-electron chi connectivity index (χ4n) is 0.784. The largest absolute Gasteiger partial charge is 0.508 e. The van der Waals surface area contributed by atoms with Gasteiger partial charge in [-0.1, -0.05) is 26.8 Å². The van der Waals surface area contributed by atoms with E-state index >= 15 is 0 Å². The Bertz CT molecular complexity index is 266. The molecule has 0 atom stereocenters. The maximum absolute atomic E-state index is 10.6. The first kappa shape index (κ1) is 16.2. The first-order chi connectivity index (χ1) is 7.70. The molecular weight excluding hydrogens is 236 g/mol. The molecule has 0 saturated heterocycles. The molecule has 0 aliphatic heterocycles. The summed E-state index contributed by atoms with van der Waals surface area (Å²) in [6.07, 6.45) is 2.95. The zero-order valence-corrected chi connectivity index (χ0v) is 12.7. The molecule has 0 heterocycles. The van der Waals surface area contributed by atoms with Crippen molar-refractivity contribution in [2.24, 2.45) is 0 Å². The molecule has 0 saturated carbocycles. The minimum Gasteiger partial charge on any atom is -0.438 e. The van der Waals surface area contributed by atoms with Crippen molar-refractivity contribution in [3.63, 3.8) is 0 Å². The maximum Gasteiger partial charge on any atom is 0.508 e. The Balaban J connectivity index is 3.84. The lowest BCUT2D eigenvalue weighted by Crippen LogP contribution is -2.40. The summed E-state index contributed by atoms with van der Waals surface area (Å²) in [6.45, 7) is 11.8. The molecule has 0 unspecified atom stereocenters. The molecule has 17 heavy (non-hydrogen) atoms. The summed E-state index contributed by atoms with van der Waals surface area (Å²) in [7, 11) is -0.393. The van der Waals surface area contributed by atoms with E-state index in [-0.39, 0.29) is 11.6 Å². The van der Waals surface area contributed by atoms with Crippen LogP contribution in [0.25, 0.3) is 0 Å². The highest BCUT2D eigenvalue weighted by molar-refractivity contribution is 6.74. The van der Waals surface area contributed by atoms with Crippen LogP contribution in [0.1, 0.15) is 20.8 Å². The van der Waals surface area contributed by atoms with Crippen molar-refractivity contribution < 1.29 is 18.7 Å². The van der Waals surface area contributed by atoms with E-state index in [4.69, 9.17) is 9.16 Å². The highest BCUT2D eigenvalue weighted by Gasteiger charge is 2.36. The molecule has 0 bridgehead atoms. The summed E-state index contributed by atoms with van der Waals surface area (Å²) in [5.74, 6) is 0. The lowest BCUT2D eigenvalue weighted by atomic mass is 10.2. The summed E-state index contributed by atoms with van der Waals surface area (Å²) in [6, 6.07) is 0. The molecule has 4 nitrogen and oxygen atoms in total. The van der Waals surface area contributed by atoms with Crippen LogP contribution in [0.4, 0.5) is 4.79 Å². The second kappa shape index (κ2) is 6.81. The third-order valence-electron chi connectivity index (χ3n) is 2.98. The quantitative estimate of drug-likeness (QED) is 0.432. The summed E-state index contributed by atoms with van der Waals surface area (Å²) in [5, 5.41) is 0.212. The predicted octanol–water partition coefficient (Wildman–Crippen LogP) is 3.35. The molecule has 0 aromatic carbocycles. The van der Waals surface area contributed by atoms with Crippen LogP contribution in [0.15, 0.2) is 12.2 Å². The van der Waals surface area contributed by atoms with Gasteiger partial charge in [0, 0.05) is 0 Å². The Morgan fingerprint density at radius 3 is 2.18 bits per heavy atom. The molecule has 0 aromatic rings. The number of carbonyl (C=O) groups is 1. The molecule has 0 N–H and O–H groups in total. The summed E-state index contributed by atoms with van der Waals surface area (Å²) >= 11 is 0. The highest BCUT2D eigenvalue weighted by atomic mass is 28.4. The average Bonchev–Trinajstić information content (AvgIpc) is 2.21. The molecule has 0 aromatic heterocycles. The van der Waals surface area contributed by atoms with Crippen molar-refractivity contribution >= 4 is 14.5 Å². The maximum atomic E-state index is 10.6. The number of methoxy groups -OCH3 is 1. The van der Waals surface area contributed by atoms with Crippen LogP contribution in [0.5, 0.6) is 0 Å². The van der Waals surface area contributed by atoms with E-state index in [1.54, 1.807) is 6.08 Å². The van der Waals surface area contributed by atoms with Gasteiger partial charge in [0.25, 0.3) is 0 Å². The Hall–Kier alpha value is -0.813. The molecular formula is C12H24O4Si. The Morgan fingerprint density at radius 2 is 1.71 bits per heavy atom. The third-order valence-corrected chi connectivity index (χ3v) is 7.48. The predicted molar refractivity (Wildman–Crippen MR) is 70.6 cm³/mol. The molecule has 0 spiro atoms. The summed E-state index contributed by atoms with van der Waals surface area (Å²) in [4.78, 5) is 10.6. The normalized spacial score (nSPS) is 12.8. The van der Waals surface area contributed by atoms with Crippen molar-refractivity contribution in [2.45, 2.75) is 38.9 Å². The monoisotopic (exact) mass is 260 g/mol. The van der Waals surface area contributed by atoms with Gasteiger partial charge in [0.15, 0.2) is 8.32 Å². The van der Waals surface area contributed by atoms with Gasteiger partial charge < -0.3 is 13.9 Å². The van der Waals surface area contributed by atoms with E-state index in [1.807, 2.05) is 6.08 Å². The zero-order valence-electron chi connectivity index (χ0n) is 11.7. The van der Waals surface area contributed by atoms with Crippen molar-refractivity contribution in [1.29, 1.82) is 0 Å². The van der Waals surface area contributed by atoms with Gasteiger partial charge in [-0.25, -0.2) is 4.79 Å². The van der Waals surface area contributed by atoms with Gasteiger partial charge in [0.2, 0.25) is 0 Å². The van der Waals surface area contributed by atoms with E-state index in [0.29, 0.717) is 6.61 Å². The molecule has 0 amide bonds. The third kappa shape index (κ3) is 6.48. The summed E-state index contributed by atoms with van der Waals surface area (Å²) < 4.78 is 14.9. The number of ether oxygens (including phenoxy) is 2. The first-order valence-corrected chi connectivity index (χ1v) is 8.61. The molecule has 0 radical (unpaired) electrons. The van der Waals surface area contributed by atoms with Crippen molar-refractivity contribution in [1.82, 2.24) is 0 Å². The minimum absolute atomic E-state index is 0.212. The molecule has 0 fully saturated rings. The zero-order chi connectivity index (χ0) is 13.5. The van der Waals surface area contributed by atoms with Gasteiger partial charge in [-0.2, -0.15) is 0 Å². The smallest absolute Gasteiger partial charge is 0.438 e. The van der Waals surface area contributed by atoms with Crippen LogP contribution in [-0.2, 0) is 13.9 Å². The van der Waals surface area contributed by atoms with E-state index in [0.717, 1.165) is 0 Å². The van der Waals surface area contributed by atoms with E-state index in [2.05, 4.69) is 38.6 Å². The second-order valence-electron chi connectivity index (χ2n) is 5.31. The first-order valence-electron chi connectivity index (χ1n) is 5.70. The van der Waals surface area contributed by atoms with Gasteiger partial charge >= 0.3 is 6.16 Å². The number of hydrogen-bond acceptors (Lipinski definition) is 4. The minimum atomic E-state index is -1.68. The SMILES string of the molecule is COC(=O)OC/C=C\CO[Si](C)(C)C(C)(C)C. The number of rotatable bonds is 5. The number of hydrogen-bond donors (Lipinski definition) is 0. The molecule has 0 rings (SSSR count). The fraction of sp³-hybridized carbons (Fsp3) is 0.750.